The summed E-state index contributed by atoms with van der Waals surface area (Å²) in [4.78, 5) is 0. The summed E-state index contributed by atoms with van der Waals surface area (Å²) in [5, 5.41) is 1.57. The van der Waals surface area contributed by atoms with Crippen LogP contribution in [0.4, 0.5) is 0 Å². The maximum atomic E-state index is 6.00. The molecule has 0 unspecified atom stereocenters. The van der Waals surface area contributed by atoms with Crippen LogP contribution in [0.15, 0.2) is 48.5 Å². The van der Waals surface area contributed by atoms with Gasteiger partial charge in [0.1, 0.15) is 0 Å². The average Bonchev–Trinajstić information content (AvgIpc) is 2.40. The van der Waals surface area contributed by atoms with Gasteiger partial charge in [-0.1, -0.05) is 0 Å². The summed E-state index contributed by atoms with van der Waals surface area (Å²) >= 11 is 13.5. The van der Waals surface area contributed by atoms with Crippen LogP contribution in [-0.2, 0) is 3.43 Å². The predicted octanol–water partition coefficient (Wildman–Crippen LogP) is 5.78. The van der Waals surface area contributed by atoms with Gasteiger partial charge in [0.05, 0.1) is 0 Å². The second-order valence-corrected chi connectivity index (χ2v) is 7.98. The Labute approximate surface area is 154 Å². The van der Waals surface area contributed by atoms with E-state index < -0.39 is 0 Å². The molecule has 0 atom stereocenters. The third kappa shape index (κ3) is 4.16. The Balaban J connectivity index is 0.00000200. The summed E-state index contributed by atoms with van der Waals surface area (Å²) in [5.74, 6) is 0. The first-order valence-corrected chi connectivity index (χ1v) is 8.51. The van der Waals surface area contributed by atoms with Gasteiger partial charge in [-0.05, 0) is 0 Å². The van der Waals surface area contributed by atoms with Gasteiger partial charge in [0.15, 0.2) is 0 Å². The van der Waals surface area contributed by atoms with E-state index in [1.54, 1.807) is 0 Å². The fraction of sp³-hybridized carbons (Fsp3) is 0.250. The third-order valence-corrected chi connectivity index (χ3v) is 6.16. The first-order valence-electron chi connectivity index (χ1n) is 6.33. The Morgan fingerprint density at radius 1 is 0.850 bits per heavy atom. The number of halogens is 3. The van der Waals surface area contributed by atoms with Crippen LogP contribution in [0, 0.1) is 0 Å². The topological polar surface area (TPSA) is 0 Å². The molecule has 105 valence electrons. The van der Waals surface area contributed by atoms with E-state index in [1.807, 2.05) is 24.3 Å². The minimum absolute atomic E-state index is 0. The molecule has 0 nitrogen and oxygen atoms in total. The molecule has 0 fully saturated rings. The molecule has 2 aromatic carbocycles. The van der Waals surface area contributed by atoms with E-state index in [0.29, 0.717) is 0 Å². The molecule has 0 aliphatic rings. The molecule has 2 aromatic rings. The molecule has 4 heteroatoms. The van der Waals surface area contributed by atoms with Gasteiger partial charge in [-0.2, -0.15) is 0 Å². The number of rotatable bonds is 4. The minimum atomic E-state index is 0. The van der Waals surface area contributed by atoms with E-state index in [0.717, 1.165) is 22.9 Å². The van der Waals surface area contributed by atoms with Crippen LogP contribution in [0.3, 0.4) is 0 Å². The Morgan fingerprint density at radius 2 is 1.20 bits per heavy atom. The fourth-order valence-electron chi connectivity index (χ4n) is 2.30. The molecule has 0 aliphatic heterocycles. The maximum absolute atomic E-state index is 6.00. The average molecular weight is 478 g/mol. The Morgan fingerprint density at radius 3 is 1.50 bits per heavy atom. The van der Waals surface area contributed by atoms with Gasteiger partial charge in [0.25, 0.3) is 0 Å². The molecule has 0 saturated heterocycles. The fourth-order valence-corrected chi connectivity index (χ4v) is 4.22. The van der Waals surface area contributed by atoms with Crippen LogP contribution in [0.25, 0.3) is 0 Å². The van der Waals surface area contributed by atoms with Crippen LogP contribution in [0.1, 0.15) is 30.9 Å². The van der Waals surface area contributed by atoms with Crippen molar-refractivity contribution in [3.05, 3.63) is 69.7 Å². The summed E-state index contributed by atoms with van der Waals surface area (Å²) in [6.07, 6.45) is 2.28. The molecule has 0 heterocycles. The van der Waals surface area contributed by atoms with E-state index in [4.69, 9.17) is 23.2 Å². The molecular formula is C16H16BrCl2Sn. The Kier molecular flexibility index (Phi) is 7.40. The van der Waals surface area contributed by atoms with E-state index in [9.17, 15) is 0 Å². The first-order chi connectivity index (χ1) is 9.06. The van der Waals surface area contributed by atoms with Gasteiger partial charge < -0.3 is 0 Å². The molecular weight excluding hydrogens is 462 g/mol. The SMILES string of the molecule is Br.CCC[C]([Sn])(c1ccc(Cl)cc1)c1ccc(Cl)cc1. The second-order valence-electron chi connectivity index (χ2n) is 4.67. The van der Waals surface area contributed by atoms with E-state index in [-0.39, 0.29) is 20.4 Å². The molecule has 0 aromatic heterocycles. The molecule has 2 rings (SSSR count). The van der Waals surface area contributed by atoms with Gasteiger partial charge in [-0.25, -0.2) is 0 Å². The zero-order valence-corrected chi connectivity index (χ0v) is 17.3. The number of hydrogen-bond acceptors (Lipinski definition) is 0. The molecule has 20 heavy (non-hydrogen) atoms. The molecule has 0 amide bonds. The van der Waals surface area contributed by atoms with E-state index in [1.165, 1.54) is 33.7 Å². The van der Waals surface area contributed by atoms with Gasteiger partial charge in [0, 0.05) is 0 Å². The van der Waals surface area contributed by atoms with Crippen molar-refractivity contribution in [2.45, 2.75) is 23.2 Å². The van der Waals surface area contributed by atoms with Crippen molar-refractivity contribution in [1.29, 1.82) is 0 Å². The molecule has 0 bridgehead atoms. The first kappa shape index (κ1) is 18.3. The molecule has 0 spiro atoms. The van der Waals surface area contributed by atoms with Gasteiger partial charge in [-0.15, -0.1) is 17.0 Å². The van der Waals surface area contributed by atoms with Gasteiger partial charge in [0.2, 0.25) is 0 Å². The zero-order chi connectivity index (χ0) is 13.9. The summed E-state index contributed by atoms with van der Waals surface area (Å²) in [6, 6.07) is 16.5. The monoisotopic (exact) mass is 477 g/mol. The van der Waals surface area contributed by atoms with Crippen molar-refractivity contribution in [2.24, 2.45) is 0 Å². The number of benzene rings is 2. The van der Waals surface area contributed by atoms with Gasteiger partial charge >= 0.3 is 139 Å². The zero-order valence-electron chi connectivity index (χ0n) is 11.2. The van der Waals surface area contributed by atoms with Crippen LogP contribution >= 0.6 is 40.2 Å². The van der Waals surface area contributed by atoms with Gasteiger partial charge in [-0.3, -0.25) is 0 Å². The van der Waals surface area contributed by atoms with Crippen molar-refractivity contribution in [2.75, 3.05) is 0 Å². The third-order valence-electron chi connectivity index (χ3n) is 3.30. The quantitative estimate of drug-likeness (QED) is 0.489. The van der Waals surface area contributed by atoms with Crippen LogP contribution < -0.4 is 0 Å². The van der Waals surface area contributed by atoms with Crippen molar-refractivity contribution in [1.82, 2.24) is 0 Å². The van der Waals surface area contributed by atoms with Crippen LogP contribution in [0.2, 0.25) is 10.0 Å². The summed E-state index contributed by atoms with van der Waals surface area (Å²) < 4.78 is 0.0939. The van der Waals surface area contributed by atoms with Crippen molar-refractivity contribution >= 4 is 62.7 Å². The Hall–Kier alpha value is 0.299. The second kappa shape index (κ2) is 8.07. The Bertz CT molecular complexity index is 492. The number of hydrogen-bond donors (Lipinski definition) is 0. The molecule has 0 saturated carbocycles. The standard InChI is InChI=1S/C16H15Cl2.BrH.Sn/c1-2-3-16(12-4-8-14(17)9-5-12)13-6-10-15(18)11-7-13;;/h4-11H,2-3H2,1H3;1H;. The molecule has 0 aliphatic carbocycles. The van der Waals surface area contributed by atoms with Crippen molar-refractivity contribution in [3.63, 3.8) is 0 Å². The summed E-state index contributed by atoms with van der Waals surface area (Å²) in [6.45, 7) is 2.23. The normalized spacial score (nSPS) is 11.0. The summed E-state index contributed by atoms with van der Waals surface area (Å²) in [7, 11) is 0. The van der Waals surface area contributed by atoms with Crippen molar-refractivity contribution < 1.29 is 0 Å². The van der Waals surface area contributed by atoms with E-state index >= 15 is 0 Å². The van der Waals surface area contributed by atoms with Crippen LogP contribution in [0.5, 0.6) is 0 Å². The van der Waals surface area contributed by atoms with Crippen molar-refractivity contribution in [3.8, 4) is 0 Å². The predicted molar refractivity (Wildman–Crippen MR) is 94.7 cm³/mol. The molecule has 0 N–H and O–H groups in total. The van der Waals surface area contributed by atoms with E-state index in [2.05, 4.69) is 31.2 Å². The van der Waals surface area contributed by atoms with Crippen LogP contribution in [-0.4, -0.2) is 22.5 Å². The molecule has 3 radical (unpaired) electrons. The summed E-state index contributed by atoms with van der Waals surface area (Å²) in [5.41, 5.74) is 2.67.